The van der Waals surface area contributed by atoms with Crippen LogP contribution in [0.1, 0.15) is 11.4 Å². The highest BCUT2D eigenvalue weighted by Crippen LogP contribution is 2.28. The fraction of sp³-hybridized carbons (Fsp3) is 0.133. The average Bonchev–Trinajstić information content (AvgIpc) is 2.67. The largest absolute Gasteiger partial charge is 0.399 e. The van der Waals surface area contributed by atoms with E-state index in [0.717, 1.165) is 32.7 Å². The van der Waals surface area contributed by atoms with Crippen molar-refractivity contribution in [1.29, 1.82) is 0 Å². The van der Waals surface area contributed by atoms with Gasteiger partial charge in [0.15, 0.2) is 0 Å². The van der Waals surface area contributed by atoms with E-state index in [9.17, 15) is 0 Å². The number of rotatable bonds is 1. The molecule has 0 aliphatic carbocycles. The number of fused-ring (bicyclic) bond motifs is 1. The maximum atomic E-state index is 5.82. The number of aryl methyl sites for hydroxylation is 2. The molecular formula is C15H14BrN3. The molecule has 0 amide bonds. The average molecular weight is 316 g/mol. The molecule has 0 radical (unpaired) electrons. The highest BCUT2D eigenvalue weighted by Gasteiger charge is 2.11. The number of halogens is 1. The Bertz CT molecular complexity index is 774. The number of aromatic nitrogens is 2. The van der Waals surface area contributed by atoms with Crippen LogP contribution in [-0.4, -0.2) is 9.55 Å². The lowest BCUT2D eigenvalue weighted by Gasteiger charge is -2.10. The molecule has 0 bridgehead atoms. The number of anilines is 1. The minimum absolute atomic E-state index is 0.737. The van der Waals surface area contributed by atoms with Crippen LogP contribution in [0.15, 0.2) is 40.9 Å². The van der Waals surface area contributed by atoms with Crippen LogP contribution in [-0.2, 0) is 0 Å². The van der Waals surface area contributed by atoms with Crippen molar-refractivity contribution < 1.29 is 0 Å². The molecule has 2 aromatic carbocycles. The molecule has 4 heteroatoms. The summed E-state index contributed by atoms with van der Waals surface area (Å²) in [7, 11) is 0. The second-order valence-corrected chi connectivity index (χ2v) is 5.55. The summed E-state index contributed by atoms with van der Waals surface area (Å²) in [6.45, 7) is 4.09. The maximum Gasteiger partial charge on any atom is 0.111 e. The van der Waals surface area contributed by atoms with E-state index in [-0.39, 0.29) is 0 Å². The normalized spacial score (nSPS) is 11.1. The number of hydrogen-bond donors (Lipinski definition) is 1. The molecule has 3 rings (SSSR count). The number of benzene rings is 2. The van der Waals surface area contributed by atoms with Crippen molar-refractivity contribution in [3.05, 3.63) is 52.3 Å². The molecular weight excluding hydrogens is 302 g/mol. The van der Waals surface area contributed by atoms with E-state index in [1.54, 1.807) is 0 Å². The second-order valence-electron chi connectivity index (χ2n) is 4.70. The van der Waals surface area contributed by atoms with Gasteiger partial charge in [-0.2, -0.15) is 0 Å². The summed E-state index contributed by atoms with van der Waals surface area (Å²) in [4.78, 5) is 4.58. The molecule has 0 saturated carbocycles. The first-order chi connectivity index (χ1) is 9.06. The van der Waals surface area contributed by atoms with E-state index in [0.29, 0.717) is 0 Å². The van der Waals surface area contributed by atoms with E-state index >= 15 is 0 Å². The zero-order chi connectivity index (χ0) is 13.6. The molecule has 3 nitrogen and oxygen atoms in total. The molecule has 2 N–H and O–H groups in total. The molecule has 0 spiro atoms. The zero-order valence-electron chi connectivity index (χ0n) is 10.8. The molecule has 1 heterocycles. The molecule has 0 aliphatic heterocycles. The molecule has 3 aromatic rings. The van der Waals surface area contributed by atoms with Crippen molar-refractivity contribution in [3.63, 3.8) is 0 Å². The van der Waals surface area contributed by atoms with Gasteiger partial charge in [-0.3, -0.25) is 4.57 Å². The first-order valence-corrected chi connectivity index (χ1v) is 6.86. The van der Waals surface area contributed by atoms with Gasteiger partial charge in [-0.25, -0.2) is 4.98 Å². The summed E-state index contributed by atoms with van der Waals surface area (Å²) in [5.74, 6) is 0.951. The zero-order valence-corrected chi connectivity index (χ0v) is 12.4. The van der Waals surface area contributed by atoms with Crippen LogP contribution in [0.2, 0.25) is 0 Å². The lowest BCUT2D eigenvalue weighted by atomic mass is 10.2. The Morgan fingerprint density at radius 1 is 1.11 bits per heavy atom. The summed E-state index contributed by atoms with van der Waals surface area (Å²) in [6.07, 6.45) is 0. The third-order valence-electron chi connectivity index (χ3n) is 3.19. The first kappa shape index (κ1) is 12.2. The van der Waals surface area contributed by atoms with Crippen LogP contribution < -0.4 is 5.73 Å². The molecule has 0 unspecified atom stereocenters. The fourth-order valence-corrected chi connectivity index (χ4v) is 2.74. The topological polar surface area (TPSA) is 43.8 Å². The minimum Gasteiger partial charge on any atom is -0.399 e. The molecule has 1 aromatic heterocycles. The number of nitrogens with zero attached hydrogens (tertiary/aromatic N) is 2. The Balaban J connectivity index is 2.36. The highest BCUT2D eigenvalue weighted by atomic mass is 79.9. The van der Waals surface area contributed by atoms with Gasteiger partial charge in [-0.1, -0.05) is 6.07 Å². The van der Waals surface area contributed by atoms with Gasteiger partial charge in [0.2, 0.25) is 0 Å². The van der Waals surface area contributed by atoms with Crippen LogP contribution in [0.3, 0.4) is 0 Å². The summed E-state index contributed by atoms with van der Waals surface area (Å²) in [5.41, 5.74) is 10.9. The van der Waals surface area contributed by atoms with Crippen molar-refractivity contribution in [1.82, 2.24) is 9.55 Å². The highest BCUT2D eigenvalue weighted by molar-refractivity contribution is 9.10. The Morgan fingerprint density at radius 3 is 2.68 bits per heavy atom. The predicted molar refractivity (Wildman–Crippen MR) is 82.7 cm³/mol. The minimum atomic E-state index is 0.737. The standard InChI is InChI=1S/C15H14BrN3/c1-9-3-5-12(16)15(7-9)19-10(2)18-13-8-11(17)4-6-14(13)19/h3-8H,17H2,1-2H3. The Labute approximate surface area is 120 Å². The third-order valence-corrected chi connectivity index (χ3v) is 3.86. The van der Waals surface area contributed by atoms with Crippen molar-refractivity contribution in [3.8, 4) is 5.69 Å². The molecule has 96 valence electrons. The van der Waals surface area contributed by atoms with Crippen molar-refractivity contribution in [2.24, 2.45) is 0 Å². The second kappa shape index (κ2) is 4.38. The van der Waals surface area contributed by atoms with Gasteiger partial charge in [0.25, 0.3) is 0 Å². The number of hydrogen-bond acceptors (Lipinski definition) is 2. The van der Waals surface area contributed by atoms with Gasteiger partial charge in [-0.15, -0.1) is 0 Å². The predicted octanol–water partition coefficient (Wildman–Crippen LogP) is 3.99. The van der Waals surface area contributed by atoms with Gasteiger partial charge in [-0.05, 0) is 65.7 Å². The number of imidazole rings is 1. The van der Waals surface area contributed by atoms with Crippen LogP contribution in [0.4, 0.5) is 5.69 Å². The van der Waals surface area contributed by atoms with E-state index in [4.69, 9.17) is 5.73 Å². The molecule has 0 atom stereocenters. The molecule has 0 aliphatic rings. The van der Waals surface area contributed by atoms with E-state index in [1.165, 1.54) is 5.56 Å². The Kier molecular flexibility index (Phi) is 2.82. The summed E-state index contributed by atoms with van der Waals surface area (Å²) in [6, 6.07) is 12.1. The summed E-state index contributed by atoms with van der Waals surface area (Å²) < 4.78 is 3.20. The van der Waals surface area contributed by atoms with Gasteiger partial charge in [0, 0.05) is 10.2 Å². The molecule has 19 heavy (non-hydrogen) atoms. The van der Waals surface area contributed by atoms with Crippen molar-refractivity contribution >= 4 is 32.7 Å². The Morgan fingerprint density at radius 2 is 1.89 bits per heavy atom. The monoisotopic (exact) mass is 315 g/mol. The van der Waals surface area contributed by atoms with E-state index in [2.05, 4.69) is 50.6 Å². The lowest BCUT2D eigenvalue weighted by molar-refractivity contribution is 0.993. The van der Waals surface area contributed by atoms with E-state index in [1.807, 2.05) is 25.1 Å². The van der Waals surface area contributed by atoms with E-state index < -0.39 is 0 Å². The molecule has 0 fully saturated rings. The smallest absolute Gasteiger partial charge is 0.111 e. The maximum absolute atomic E-state index is 5.82. The van der Waals surface area contributed by atoms with Gasteiger partial charge < -0.3 is 5.73 Å². The van der Waals surface area contributed by atoms with Crippen LogP contribution in [0.25, 0.3) is 16.7 Å². The first-order valence-electron chi connectivity index (χ1n) is 6.07. The van der Waals surface area contributed by atoms with Gasteiger partial charge >= 0.3 is 0 Å². The molecule has 0 saturated heterocycles. The van der Waals surface area contributed by atoms with Crippen molar-refractivity contribution in [2.75, 3.05) is 5.73 Å². The van der Waals surface area contributed by atoms with Crippen LogP contribution >= 0.6 is 15.9 Å². The van der Waals surface area contributed by atoms with Gasteiger partial charge in [0.05, 0.1) is 16.7 Å². The third kappa shape index (κ3) is 2.02. The van der Waals surface area contributed by atoms with Crippen LogP contribution in [0.5, 0.6) is 0 Å². The summed E-state index contributed by atoms with van der Waals surface area (Å²) >= 11 is 3.61. The fourth-order valence-electron chi connectivity index (χ4n) is 2.32. The van der Waals surface area contributed by atoms with Crippen molar-refractivity contribution in [2.45, 2.75) is 13.8 Å². The van der Waals surface area contributed by atoms with Crippen LogP contribution in [0, 0.1) is 13.8 Å². The summed E-state index contributed by atoms with van der Waals surface area (Å²) in [5, 5.41) is 0. The lowest BCUT2D eigenvalue weighted by Crippen LogP contribution is -1.98. The van der Waals surface area contributed by atoms with Gasteiger partial charge in [0.1, 0.15) is 5.82 Å². The Hall–Kier alpha value is -1.81. The number of nitrogen functional groups attached to an aromatic ring is 1. The SMILES string of the molecule is Cc1ccc(Br)c(-n2c(C)nc3cc(N)ccc32)c1. The number of nitrogens with two attached hydrogens (primary N) is 1. The quantitative estimate of drug-likeness (QED) is 0.690.